The molecule has 2 unspecified atom stereocenters. The Morgan fingerprint density at radius 3 is 2.72 bits per heavy atom. The standard InChI is InChI=1S/C21H27FN4O3/c1-14-7-2-3-10-21(14)19(28)26(20(29)24-21)13-17(27)23-18-15(22)8-6-9-16(18)25-11-4-5-12-25/h6,8-9,14H,2-5,7,10-13H2,1H3,(H,23,27)(H,24,29). The summed E-state index contributed by atoms with van der Waals surface area (Å²) in [6.45, 7) is 3.15. The highest BCUT2D eigenvalue weighted by Gasteiger charge is 2.55. The van der Waals surface area contributed by atoms with Gasteiger partial charge in [0.15, 0.2) is 0 Å². The van der Waals surface area contributed by atoms with E-state index in [0.29, 0.717) is 12.1 Å². The van der Waals surface area contributed by atoms with Gasteiger partial charge in [0.05, 0.1) is 5.69 Å². The Hall–Kier alpha value is -2.64. The lowest BCUT2D eigenvalue weighted by Gasteiger charge is -2.36. The number of rotatable bonds is 4. The molecule has 4 rings (SSSR count). The molecule has 4 amide bonds. The molecular weight excluding hydrogens is 375 g/mol. The molecule has 1 aliphatic carbocycles. The summed E-state index contributed by atoms with van der Waals surface area (Å²) in [5.74, 6) is -1.44. The molecule has 2 aliphatic heterocycles. The minimum absolute atomic E-state index is 0.0223. The largest absolute Gasteiger partial charge is 0.370 e. The van der Waals surface area contributed by atoms with Gasteiger partial charge in [0.1, 0.15) is 23.6 Å². The maximum Gasteiger partial charge on any atom is 0.325 e. The van der Waals surface area contributed by atoms with E-state index in [1.165, 1.54) is 6.07 Å². The summed E-state index contributed by atoms with van der Waals surface area (Å²) in [5, 5.41) is 5.43. The molecular formula is C21H27FN4O3. The molecule has 0 bridgehead atoms. The van der Waals surface area contributed by atoms with Crippen LogP contribution in [0.1, 0.15) is 45.4 Å². The van der Waals surface area contributed by atoms with Gasteiger partial charge in [-0.1, -0.05) is 25.8 Å². The molecule has 2 saturated heterocycles. The third-order valence-electron chi connectivity index (χ3n) is 6.51. The Balaban J connectivity index is 1.49. The van der Waals surface area contributed by atoms with Crippen LogP contribution < -0.4 is 15.5 Å². The van der Waals surface area contributed by atoms with Crippen molar-refractivity contribution in [3.8, 4) is 0 Å². The molecule has 7 nitrogen and oxygen atoms in total. The lowest BCUT2D eigenvalue weighted by molar-refractivity contribution is -0.136. The molecule has 2 heterocycles. The van der Waals surface area contributed by atoms with Crippen molar-refractivity contribution in [1.29, 1.82) is 0 Å². The second-order valence-corrected chi connectivity index (χ2v) is 8.32. The normalized spacial score (nSPS) is 26.9. The van der Waals surface area contributed by atoms with Gasteiger partial charge in [-0.05, 0) is 43.7 Å². The van der Waals surface area contributed by atoms with Crippen molar-refractivity contribution in [3.05, 3.63) is 24.0 Å². The first-order valence-electron chi connectivity index (χ1n) is 10.4. The minimum atomic E-state index is -0.908. The highest BCUT2D eigenvalue weighted by atomic mass is 19.1. The van der Waals surface area contributed by atoms with Crippen LogP contribution in [-0.2, 0) is 9.59 Å². The van der Waals surface area contributed by atoms with Crippen LogP contribution in [0.2, 0.25) is 0 Å². The number of hydrogen-bond acceptors (Lipinski definition) is 4. The van der Waals surface area contributed by atoms with Crippen molar-refractivity contribution >= 4 is 29.2 Å². The van der Waals surface area contributed by atoms with Crippen LogP contribution >= 0.6 is 0 Å². The number of para-hydroxylation sites is 1. The van der Waals surface area contributed by atoms with Gasteiger partial charge >= 0.3 is 6.03 Å². The molecule has 0 radical (unpaired) electrons. The molecule has 3 fully saturated rings. The summed E-state index contributed by atoms with van der Waals surface area (Å²) in [4.78, 5) is 41.1. The Kier molecular flexibility index (Phi) is 5.19. The first-order chi connectivity index (χ1) is 13.9. The topological polar surface area (TPSA) is 81.8 Å². The zero-order valence-corrected chi connectivity index (χ0v) is 16.7. The van der Waals surface area contributed by atoms with E-state index in [1.807, 2.05) is 11.8 Å². The van der Waals surface area contributed by atoms with E-state index in [2.05, 4.69) is 10.6 Å². The number of benzene rings is 1. The molecule has 1 saturated carbocycles. The summed E-state index contributed by atoms with van der Waals surface area (Å²) < 4.78 is 14.5. The summed E-state index contributed by atoms with van der Waals surface area (Å²) in [6, 6.07) is 4.13. The van der Waals surface area contributed by atoms with Crippen LogP contribution in [0.3, 0.4) is 0 Å². The molecule has 2 atom stereocenters. The van der Waals surface area contributed by atoms with Crippen molar-refractivity contribution in [1.82, 2.24) is 10.2 Å². The summed E-state index contributed by atoms with van der Waals surface area (Å²) in [7, 11) is 0. The van der Waals surface area contributed by atoms with Crippen LogP contribution in [0.25, 0.3) is 0 Å². The summed E-state index contributed by atoms with van der Waals surface area (Å²) in [5.41, 5.74) is -0.174. The van der Waals surface area contributed by atoms with E-state index in [0.717, 1.165) is 50.1 Å². The third kappa shape index (κ3) is 3.45. The molecule has 0 aromatic heterocycles. The van der Waals surface area contributed by atoms with Crippen LogP contribution in [-0.4, -0.2) is 47.9 Å². The van der Waals surface area contributed by atoms with Crippen LogP contribution in [0.15, 0.2) is 18.2 Å². The molecule has 8 heteroatoms. The van der Waals surface area contributed by atoms with Crippen molar-refractivity contribution in [2.75, 3.05) is 29.9 Å². The SMILES string of the molecule is CC1CCCCC12NC(=O)N(CC(=O)Nc1c(F)cccc1N1CCCC1)C2=O. The van der Waals surface area contributed by atoms with Gasteiger partial charge in [0.25, 0.3) is 5.91 Å². The number of urea groups is 1. The minimum Gasteiger partial charge on any atom is -0.370 e. The fourth-order valence-electron chi connectivity index (χ4n) is 4.82. The zero-order valence-electron chi connectivity index (χ0n) is 16.7. The first kappa shape index (κ1) is 19.7. The number of nitrogens with zero attached hydrogens (tertiary/aromatic N) is 2. The average Bonchev–Trinajstić information content (AvgIpc) is 3.30. The quantitative estimate of drug-likeness (QED) is 0.759. The first-order valence-corrected chi connectivity index (χ1v) is 10.4. The molecule has 2 N–H and O–H groups in total. The Morgan fingerprint density at radius 1 is 1.24 bits per heavy atom. The highest BCUT2D eigenvalue weighted by Crippen LogP contribution is 2.38. The Morgan fingerprint density at radius 2 is 2.00 bits per heavy atom. The van der Waals surface area contributed by atoms with Crippen LogP contribution in [0.5, 0.6) is 0 Å². The lowest BCUT2D eigenvalue weighted by Crippen LogP contribution is -2.54. The third-order valence-corrected chi connectivity index (χ3v) is 6.51. The van der Waals surface area contributed by atoms with E-state index in [-0.39, 0.29) is 17.5 Å². The highest BCUT2D eigenvalue weighted by molar-refractivity contribution is 6.10. The fourth-order valence-corrected chi connectivity index (χ4v) is 4.82. The van der Waals surface area contributed by atoms with Gasteiger partial charge in [0.2, 0.25) is 5.91 Å². The van der Waals surface area contributed by atoms with Crippen molar-refractivity contribution < 1.29 is 18.8 Å². The van der Waals surface area contributed by atoms with Gasteiger partial charge in [0, 0.05) is 13.1 Å². The van der Waals surface area contributed by atoms with Gasteiger partial charge in [-0.15, -0.1) is 0 Å². The smallest absolute Gasteiger partial charge is 0.325 e. The number of imide groups is 1. The van der Waals surface area contributed by atoms with Crippen LogP contribution in [0, 0.1) is 11.7 Å². The molecule has 1 aromatic carbocycles. The molecule has 156 valence electrons. The maximum absolute atomic E-state index is 14.5. The Labute approximate surface area is 169 Å². The average molecular weight is 402 g/mol. The molecule has 1 spiro atoms. The Bertz CT molecular complexity index is 839. The predicted octanol–water partition coefficient (Wildman–Crippen LogP) is 2.87. The summed E-state index contributed by atoms with van der Waals surface area (Å²) in [6.07, 6.45) is 5.38. The van der Waals surface area contributed by atoms with Gasteiger partial charge in [-0.2, -0.15) is 0 Å². The van der Waals surface area contributed by atoms with E-state index in [1.54, 1.807) is 12.1 Å². The van der Waals surface area contributed by atoms with E-state index >= 15 is 0 Å². The van der Waals surface area contributed by atoms with Crippen molar-refractivity contribution in [2.24, 2.45) is 5.92 Å². The number of nitrogens with one attached hydrogen (secondary N) is 2. The second kappa shape index (κ2) is 7.65. The number of halogens is 1. The molecule has 1 aromatic rings. The molecule has 29 heavy (non-hydrogen) atoms. The van der Waals surface area contributed by atoms with E-state index < -0.39 is 29.8 Å². The van der Waals surface area contributed by atoms with Gasteiger partial charge < -0.3 is 15.5 Å². The van der Waals surface area contributed by atoms with E-state index in [9.17, 15) is 18.8 Å². The number of anilines is 2. The predicted molar refractivity (Wildman–Crippen MR) is 107 cm³/mol. The van der Waals surface area contributed by atoms with Gasteiger partial charge in [-0.3, -0.25) is 14.5 Å². The van der Waals surface area contributed by atoms with E-state index in [4.69, 9.17) is 0 Å². The van der Waals surface area contributed by atoms with Crippen molar-refractivity contribution in [3.63, 3.8) is 0 Å². The maximum atomic E-state index is 14.5. The fraction of sp³-hybridized carbons (Fsp3) is 0.571. The number of hydrogen-bond donors (Lipinski definition) is 2. The number of amides is 4. The number of carbonyl (C=O) groups excluding carboxylic acids is 3. The molecule has 3 aliphatic rings. The van der Waals surface area contributed by atoms with Gasteiger partial charge in [-0.25, -0.2) is 9.18 Å². The summed E-state index contributed by atoms with van der Waals surface area (Å²) >= 11 is 0. The monoisotopic (exact) mass is 402 g/mol. The lowest BCUT2D eigenvalue weighted by atomic mass is 9.73. The second-order valence-electron chi connectivity index (χ2n) is 8.32. The number of carbonyl (C=O) groups is 3. The zero-order chi connectivity index (χ0) is 20.6. The van der Waals surface area contributed by atoms with Crippen molar-refractivity contribution in [2.45, 2.75) is 51.0 Å². The van der Waals surface area contributed by atoms with Crippen LogP contribution in [0.4, 0.5) is 20.6 Å².